The molecule has 1 aliphatic heterocycles. The third-order valence-corrected chi connectivity index (χ3v) is 5.85. The molecule has 0 radical (unpaired) electrons. The Kier molecular flexibility index (Phi) is 5.65. The Morgan fingerprint density at radius 1 is 1.38 bits per heavy atom. The van der Waals surface area contributed by atoms with Gasteiger partial charge < -0.3 is 35.4 Å². The number of nitrogens with zero attached hydrogens (tertiary/aromatic N) is 3. The highest BCUT2D eigenvalue weighted by Crippen LogP contribution is 2.58. The van der Waals surface area contributed by atoms with E-state index in [1.165, 1.54) is 0 Å². The number of imidazole rings is 1. The molecule has 8 N–H and O–H groups in total. The molecule has 2 aromatic rings. The summed E-state index contributed by atoms with van der Waals surface area (Å²) in [5.74, 6) is -0.325. The number of phosphoric acid groups is 2. The van der Waals surface area contributed by atoms with Crippen LogP contribution in [0.1, 0.15) is 6.23 Å². The quantitative estimate of drug-likeness (QED) is 0.179. The summed E-state index contributed by atoms with van der Waals surface area (Å²) in [6, 6.07) is 0. The number of aromatic amines is 1. The van der Waals surface area contributed by atoms with Crippen LogP contribution in [0.4, 0.5) is 10.3 Å². The van der Waals surface area contributed by atoms with Crippen LogP contribution in [-0.4, -0.2) is 69.1 Å². The third kappa shape index (κ3) is 4.54. The Hall–Kier alpha value is -1.78. The number of rotatable bonds is 6. The highest BCUT2D eigenvalue weighted by molar-refractivity contribution is 7.60. The van der Waals surface area contributed by atoms with E-state index in [2.05, 4.69) is 23.8 Å². The lowest BCUT2D eigenvalue weighted by Gasteiger charge is -2.22. The number of hydrogen-bond acceptors (Lipinski definition) is 11. The molecule has 1 aliphatic rings. The molecule has 19 heteroatoms. The number of fused-ring (bicyclic) bond motifs is 1. The molecule has 6 atom stereocenters. The number of phosphoric ester groups is 1. The van der Waals surface area contributed by atoms with Gasteiger partial charge in [-0.05, 0) is 0 Å². The van der Waals surface area contributed by atoms with Gasteiger partial charge in [0.25, 0.3) is 5.56 Å². The third-order valence-electron chi connectivity index (χ3n) is 3.69. The van der Waals surface area contributed by atoms with Crippen LogP contribution in [0.2, 0.25) is 0 Å². The van der Waals surface area contributed by atoms with Gasteiger partial charge in [0.2, 0.25) is 5.95 Å². The zero-order valence-corrected chi connectivity index (χ0v) is 15.6. The SMILES string of the molecule is Nc1nc2c(ncn2[C@@H]2O[C@H](C(O)OP(=O)(O)OP(=O)(O)O)[C@@H](O)[C@H]2F)c(=O)[nH]1. The van der Waals surface area contributed by atoms with Gasteiger partial charge in [0, 0.05) is 0 Å². The minimum absolute atomic E-state index is 0.222. The van der Waals surface area contributed by atoms with Crippen molar-refractivity contribution < 1.29 is 52.0 Å². The molecule has 0 spiro atoms. The fourth-order valence-corrected chi connectivity index (χ4v) is 4.22. The number of aliphatic hydroxyl groups excluding tert-OH is 2. The Morgan fingerprint density at radius 3 is 2.66 bits per heavy atom. The highest BCUT2D eigenvalue weighted by Gasteiger charge is 2.51. The van der Waals surface area contributed by atoms with E-state index in [0.717, 1.165) is 10.9 Å². The molecule has 0 bridgehead atoms. The van der Waals surface area contributed by atoms with Crippen molar-refractivity contribution in [1.29, 1.82) is 0 Å². The van der Waals surface area contributed by atoms with Gasteiger partial charge >= 0.3 is 15.6 Å². The zero-order valence-electron chi connectivity index (χ0n) is 13.8. The van der Waals surface area contributed by atoms with Crippen LogP contribution < -0.4 is 11.3 Å². The first-order chi connectivity index (χ1) is 13.3. The summed E-state index contributed by atoms with van der Waals surface area (Å²) in [5, 5.41) is 19.8. The number of aromatic nitrogens is 4. The predicted molar refractivity (Wildman–Crippen MR) is 87.4 cm³/mol. The van der Waals surface area contributed by atoms with Crippen molar-refractivity contribution in [2.24, 2.45) is 0 Å². The molecule has 0 saturated carbocycles. The van der Waals surface area contributed by atoms with Crippen LogP contribution in [-0.2, 0) is 22.7 Å². The second kappa shape index (κ2) is 7.48. The van der Waals surface area contributed by atoms with Crippen molar-refractivity contribution >= 4 is 32.8 Å². The number of H-pyrrole nitrogens is 1. The number of hydrogen-bond donors (Lipinski definition) is 7. The molecular formula is C10H14FN5O11P2. The Bertz CT molecular complexity index is 1070. The average molecular weight is 461 g/mol. The normalized spacial score (nSPS) is 28.5. The van der Waals surface area contributed by atoms with E-state index < -0.39 is 52.1 Å². The average Bonchev–Trinajstić information content (AvgIpc) is 3.07. The maximum atomic E-state index is 14.6. The topological polar surface area (TPSA) is 253 Å². The molecular weight excluding hydrogens is 447 g/mol. The first kappa shape index (κ1) is 21.9. The summed E-state index contributed by atoms with van der Waals surface area (Å²) in [6.45, 7) is 0. The molecule has 29 heavy (non-hydrogen) atoms. The molecule has 2 aromatic heterocycles. The molecule has 0 amide bonds. The summed E-state index contributed by atoms with van der Waals surface area (Å²) in [4.78, 5) is 47.8. The molecule has 16 nitrogen and oxygen atoms in total. The van der Waals surface area contributed by atoms with E-state index in [-0.39, 0.29) is 17.1 Å². The zero-order chi connectivity index (χ0) is 21.7. The van der Waals surface area contributed by atoms with E-state index in [4.69, 9.17) is 20.3 Å². The number of nitrogen functional groups attached to an aromatic ring is 1. The van der Waals surface area contributed by atoms with E-state index in [0.29, 0.717) is 0 Å². The number of anilines is 1. The monoisotopic (exact) mass is 461 g/mol. The van der Waals surface area contributed by atoms with Crippen molar-refractivity contribution in [1.82, 2.24) is 19.5 Å². The summed E-state index contributed by atoms with van der Waals surface area (Å²) in [7, 11) is -11.0. The van der Waals surface area contributed by atoms with Crippen molar-refractivity contribution in [2.45, 2.75) is 30.9 Å². The largest absolute Gasteiger partial charge is 0.483 e. The summed E-state index contributed by atoms with van der Waals surface area (Å²) in [5.41, 5.74) is 4.22. The van der Waals surface area contributed by atoms with Crippen LogP contribution in [0, 0.1) is 0 Å². The lowest BCUT2D eigenvalue weighted by molar-refractivity contribution is -0.160. The minimum atomic E-state index is -5.52. The van der Waals surface area contributed by atoms with Gasteiger partial charge in [-0.3, -0.25) is 18.9 Å². The lowest BCUT2D eigenvalue weighted by atomic mass is 10.1. The van der Waals surface area contributed by atoms with E-state index in [1.54, 1.807) is 0 Å². The summed E-state index contributed by atoms with van der Waals surface area (Å²) in [6.07, 6.45) is -9.76. The second-order valence-corrected chi connectivity index (χ2v) is 8.52. The summed E-state index contributed by atoms with van der Waals surface area (Å²) < 4.78 is 50.3. The number of aliphatic hydroxyl groups is 2. The van der Waals surface area contributed by atoms with Crippen molar-refractivity contribution in [3.8, 4) is 0 Å². The Morgan fingerprint density at radius 2 is 2.03 bits per heavy atom. The molecule has 162 valence electrons. The number of ether oxygens (including phenoxy) is 1. The lowest BCUT2D eigenvalue weighted by Crippen LogP contribution is -2.38. The maximum absolute atomic E-state index is 14.6. The molecule has 1 saturated heterocycles. The van der Waals surface area contributed by atoms with Crippen LogP contribution >= 0.6 is 15.6 Å². The molecule has 2 unspecified atom stereocenters. The fraction of sp³-hybridized carbons (Fsp3) is 0.500. The number of alkyl halides is 1. The van der Waals surface area contributed by atoms with Gasteiger partial charge in [-0.25, -0.2) is 18.5 Å². The van der Waals surface area contributed by atoms with Gasteiger partial charge in [-0.2, -0.15) is 9.29 Å². The standard InChI is InChI=1S/C10H14FN5O11P2/c11-2-4(17)5(9(19)26-29(23,24)27-28(20,21)22)25-8(2)16-1-13-3-6(16)14-10(12)15-7(3)18/h1-2,4-5,8-9,17,19H,(H,23,24)(H2,20,21,22)(H3,12,14,15,18)/t2-,4+,5+,8-,9?/m1/s1. The van der Waals surface area contributed by atoms with Crippen molar-refractivity contribution in [2.75, 3.05) is 5.73 Å². The first-order valence-electron chi connectivity index (χ1n) is 7.45. The van der Waals surface area contributed by atoms with Gasteiger partial charge in [-0.1, -0.05) is 0 Å². The van der Waals surface area contributed by atoms with Crippen LogP contribution in [0.5, 0.6) is 0 Å². The molecule has 0 aromatic carbocycles. The predicted octanol–water partition coefficient (Wildman–Crippen LogP) is -2.16. The molecule has 0 aliphatic carbocycles. The number of halogens is 1. The molecule has 1 fully saturated rings. The Labute approximate surface area is 158 Å². The molecule has 3 heterocycles. The van der Waals surface area contributed by atoms with Crippen molar-refractivity contribution in [3.05, 3.63) is 16.7 Å². The molecule has 3 rings (SSSR count). The number of nitrogens with two attached hydrogens (primary N) is 1. The second-order valence-electron chi connectivity index (χ2n) is 5.74. The van der Waals surface area contributed by atoms with E-state index in [1.807, 2.05) is 0 Å². The van der Waals surface area contributed by atoms with Gasteiger partial charge in [0.1, 0.15) is 12.2 Å². The smallest absolute Gasteiger partial charge is 0.387 e. The van der Waals surface area contributed by atoms with Gasteiger partial charge in [-0.15, -0.1) is 0 Å². The van der Waals surface area contributed by atoms with Crippen molar-refractivity contribution in [3.63, 3.8) is 0 Å². The minimum Gasteiger partial charge on any atom is -0.387 e. The maximum Gasteiger partial charge on any atom is 0.483 e. The Balaban J connectivity index is 1.85. The van der Waals surface area contributed by atoms with E-state index in [9.17, 15) is 33.4 Å². The van der Waals surface area contributed by atoms with Gasteiger partial charge in [0.05, 0.1) is 6.33 Å². The van der Waals surface area contributed by atoms with Crippen LogP contribution in [0.25, 0.3) is 11.2 Å². The van der Waals surface area contributed by atoms with Gasteiger partial charge in [0.15, 0.2) is 29.9 Å². The van der Waals surface area contributed by atoms with Crippen LogP contribution in [0.15, 0.2) is 11.1 Å². The number of nitrogens with one attached hydrogen (secondary N) is 1. The first-order valence-corrected chi connectivity index (χ1v) is 10.5. The summed E-state index contributed by atoms with van der Waals surface area (Å²) >= 11 is 0. The van der Waals surface area contributed by atoms with E-state index >= 15 is 0 Å². The van der Waals surface area contributed by atoms with Crippen LogP contribution in [0.3, 0.4) is 0 Å². The highest BCUT2D eigenvalue weighted by atomic mass is 31.3. The fourth-order valence-electron chi connectivity index (χ4n) is 2.60.